The van der Waals surface area contributed by atoms with Gasteiger partial charge in [0.25, 0.3) is 0 Å². The number of aromatic nitrogens is 3. The van der Waals surface area contributed by atoms with Gasteiger partial charge < -0.3 is 9.15 Å². The summed E-state index contributed by atoms with van der Waals surface area (Å²) in [5.74, 6) is 0.779. The molecule has 3 rings (SSSR count). The minimum absolute atomic E-state index is 0.332. The number of carbonyl (C=O) groups is 1. The molecule has 1 aromatic carbocycles. The van der Waals surface area contributed by atoms with Gasteiger partial charge in [0.2, 0.25) is 5.82 Å². The second kappa shape index (κ2) is 7.33. The van der Waals surface area contributed by atoms with Crippen molar-refractivity contribution in [3.63, 3.8) is 0 Å². The Morgan fingerprint density at radius 1 is 1.36 bits per heavy atom. The maximum atomic E-state index is 11.8. The van der Waals surface area contributed by atoms with Crippen LogP contribution in [0, 0.1) is 6.92 Å². The van der Waals surface area contributed by atoms with Crippen LogP contribution in [0.5, 0.6) is 0 Å². The number of hydrogen-bond donors (Lipinski definition) is 0. The normalized spacial score (nSPS) is 12.2. The van der Waals surface area contributed by atoms with E-state index in [1.54, 1.807) is 25.3 Å². The predicted octanol–water partition coefficient (Wildman–Crippen LogP) is 4.14. The van der Waals surface area contributed by atoms with Crippen molar-refractivity contribution in [1.29, 1.82) is 0 Å². The first-order valence-electron chi connectivity index (χ1n) is 7.51. The van der Waals surface area contributed by atoms with E-state index in [9.17, 15) is 4.79 Å². The monoisotopic (exact) mass is 377 g/mol. The lowest BCUT2D eigenvalue weighted by molar-refractivity contribution is -0.139. The van der Waals surface area contributed by atoms with E-state index < -0.39 is 5.25 Å². The van der Waals surface area contributed by atoms with Gasteiger partial charge in [-0.05, 0) is 43.7 Å². The quantitative estimate of drug-likeness (QED) is 0.491. The van der Waals surface area contributed by atoms with Gasteiger partial charge in [0.05, 0.1) is 19.1 Å². The highest BCUT2D eigenvalue weighted by atomic mass is 35.5. The summed E-state index contributed by atoms with van der Waals surface area (Å²) in [6.45, 7) is 3.72. The maximum Gasteiger partial charge on any atom is 0.318 e. The van der Waals surface area contributed by atoms with Crippen molar-refractivity contribution in [2.75, 3.05) is 7.11 Å². The fourth-order valence-electron chi connectivity index (χ4n) is 2.32. The lowest BCUT2D eigenvalue weighted by Gasteiger charge is -2.14. The molecule has 0 aliphatic heterocycles. The highest BCUT2D eigenvalue weighted by molar-refractivity contribution is 8.00. The standard InChI is InChI=1S/C17H16ClN3O3S/c1-10-6-7-12(18)9-13(10)21-15(14-5-4-8-24-14)19-20-17(21)25-11(2)16(22)23-3/h4-9,11H,1-3H3/t11-/m0/s1. The van der Waals surface area contributed by atoms with Crippen LogP contribution < -0.4 is 0 Å². The Bertz CT molecular complexity index is 893. The van der Waals surface area contributed by atoms with E-state index in [4.69, 9.17) is 20.8 Å². The average molecular weight is 378 g/mol. The van der Waals surface area contributed by atoms with E-state index in [0.717, 1.165) is 11.3 Å². The second-order valence-electron chi connectivity index (χ2n) is 5.33. The zero-order valence-corrected chi connectivity index (χ0v) is 15.5. The van der Waals surface area contributed by atoms with Crippen LogP contribution in [0.25, 0.3) is 17.3 Å². The van der Waals surface area contributed by atoms with Crippen LogP contribution in [-0.2, 0) is 9.53 Å². The summed E-state index contributed by atoms with van der Waals surface area (Å²) >= 11 is 7.44. The molecule has 3 aromatic rings. The van der Waals surface area contributed by atoms with Gasteiger partial charge in [0.1, 0.15) is 5.25 Å². The highest BCUT2D eigenvalue weighted by Crippen LogP contribution is 2.32. The fourth-order valence-corrected chi connectivity index (χ4v) is 3.38. The third-order valence-corrected chi connectivity index (χ3v) is 4.86. The van der Waals surface area contributed by atoms with Crippen molar-refractivity contribution in [3.8, 4) is 17.3 Å². The van der Waals surface area contributed by atoms with Gasteiger partial charge in [-0.2, -0.15) is 0 Å². The molecular weight excluding hydrogens is 362 g/mol. The molecular formula is C17H16ClN3O3S. The summed E-state index contributed by atoms with van der Waals surface area (Å²) in [5, 5.41) is 9.20. The van der Waals surface area contributed by atoms with Gasteiger partial charge in [-0.25, -0.2) is 0 Å². The topological polar surface area (TPSA) is 70.2 Å². The summed E-state index contributed by atoms with van der Waals surface area (Å²) in [6, 6.07) is 9.16. The molecule has 130 valence electrons. The zero-order chi connectivity index (χ0) is 18.0. The number of carbonyl (C=O) groups excluding carboxylic acids is 1. The first-order valence-corrected chi connectivity index (χ1v) is 8.77. The molecule has 0 bridgehead atoms. The minimum Gasteiger partial charge on any atom is -0.468 e. The molecule has 0 saturated carbocycles. The van der Waals surface area contributed by atoms with Crippen LogP contribution in [0.3, 0.4) is 0 Å². The van der Waals surface area contributed by atoms with Crippen LogP contribution in [0.2, 0.25) is 5.02 Å². The predicted molar refractivity (Wildman–Crippen MR) is 96.1 cm³/mol. The number of esters is 1. The van der Waals surface area contributed by atoms with Crippen LogP contribution in [0.4, 0.5) is 0 Å². The fraction of sp³-hybridized carbons (Fsp3) is 0.235. The van der Waals surface area contributed by atoms with Gasteiger partial charge in [-0.1, -0.05) is 29.4 Å². The van der Waals surface area contributed by atoms with Crippen LogP contribution in [0.1, 0.15) is 12.5 Å². The lowest BCUT2D eigenvalue weighted by Crippen LogP contribution is -2.15. The number of thioether (sulfide) groups is 1. The Hall–Kier alpha value is -2.25. The van der Waals surface area contributed by atoms with Crippen LogP contribution >= 0.6 is 23.4 Å². The van der Waals surface area contributed by atoms with Gasteiger partial charge in [0, 0.05) is 5.02 Å². The molecule has 0 N–H and O–H groups in total. The van der Waals surface area contributed by atoms with E-state index in [1.807, 2.05) is 29.7 Å². The Balaban J connectivity index is 2.14. The summed E-state index contributed by atoms with van der Waals surface area (Å²) in [7, 11) is 1.36. The number of hydrogen-bond acceptors (Lipinski definition) is 6. The van der Waals surface area contributed by atoms with Crippen LogP contribution in [-0.4, -0.2) is 33.1 Å². The molecule has 8 heteroatoms. The number of furan rings is 1. The molecule has 2 heterocycles. The number of halogens is 1. The molecule has 6 nitrogen and oxygen atoms in total. The van der Waals surface area contributed by atoms with E-state index in [0.29, 0.717) is 21.8 Å². The smallest absolute Gasteiger partial charge is 0.318 e. The molecule has 0 aliphatic rings. The molecule has 2 aromatic heterocycles. The third kappa shape index (κ3) is 3.57. The van der Waals surface area contributed by atoms with Gasteiger partial charge in [-0.3, -0.25) is 9.36 Å². The summed E-state index contributed by atoms with van der Waals surface area (Å²) in [4.78, 5) is 11.8. The molecule has 0 saturated heterocycles. The van der Waals surface area contributed by atoms with Crippen LogP contribution in [0.15, 0.2) is 46.2 Å². The molecule has 0 fully saturated rings. The minimum atomic E-state index is -0.433. The molecule has 0 unspecified atom stereocenters. The van der Waals surface area contributed by atoms with Crippen molar-refractivity contribution in [1.82, 2.24) is 14.8 Å². The van der Waals surface area contributed by atoms with Crippen molar-refractivity contribution in [3.05, 3.63) is 47.2 Å². The van der Waals surface area contributed by atoms with E-state index in [2.05, 4.69) is 10.2 Å². The molecule has 25 heavy (non-hydrogen) atoms. The number of methoxy groups -OCH3 is 1. The van der Waals surface area contributed by atoms with Gasteiger partial charge >= 0.3 is 5.97 Å². The van der Waals surface area contributed by atoms with Gasteiger partial charge in [0.15, 0.2) is 10.9 Å². The highest BCUT2D eigenvalue weighted by Gasteiger charge is 2.24. The van der Waals surface area contributed by atoms with Crippen molar-refractivity contribution in [2.45, 2.75) is 24.3 Å². The first-order chi connectivity index (χ1) is 12.0. The Labute approximate surface area is 154 Å². The van der Waals surface area contributed by atoms with E-state index in [1.165, 1.54) is 18.9 Å². The second-order valence-corrected chi connectivity index (χ2v) is 7.08. The third-order valence-electron chi connectivity index (χ3n) is 3.60. The number of aryl methyl sites for hydroxylation is 1. The number of ether oxygens (including phenoxy) is 1. The van der Waals surface area contributed by atoms with E-state index in [-0.39, 0.29) is 5.97 Å². The van der Waals surface area contributed by atoms with Crippen molar-refractivity contribution < 1.29 is 13.9 Å². The SMILES string of the molecule is COC(=O)[C@H](C)Sc1nnc(-c2ccco2)n1-c1cc(Cl)ccc1C. The zero-order valence-electron chi connectivity index (χ0n) is 13.9. The largest absolute Gasteiger partial charge is 0.468 e. The van der Waals surface area contributed by atoms with Gasteiger partial charge in [-0.15, -0.1) is 10.2 Å². The molecule has 0 amide bonds. The number of nitrogens with zero attached hydrogens (tertiary/aromatic N) is 3. The number of rotatable bonds is 5. The van der Waals surface area contributed by atoms with E-state index >= 15 is 0 Å². The average Bonchev–Trinajstić information content (AvgIpc) is 3.25. The number of benzene rings is 1. The first kappa shape index (κ1) is 17.6. The molecule has 0 radical (unpaired) electrons. The molecule has 0 aliphatic carbocycles. The summed E-state index contributed by atoms with van der Waals surface area (Å²) in [5.41, 5.74) is 1.81. The molecule has 0 spiro atoms. The Kier molecular flexibility index (Phi) is 5.15. The Morgan fingerprint density at radius 3 is 2.84 bits per heavy atom. The maximum absolute atomic E-state index is 11.8. The Morgan fingerprint density at radius 2 is 2.16 bits per heavy atom. The lowest BCUT2D eigenvalue weighted by atomic mass is 10.2. The summed E-state index contributed by atoms with van der Waals surface area (Å²) < 4.78 is 12.1. The van der Waals surface area contributed by atoms with Crippen molar-refractivity contribution in [2.24, 2.45) is 0 Å². The summed E-state index contributed by atoms with van der Waals surface area (Å²) in [6.07, 6.45) is 1.57. The molecule has 1 atom stereocenters. The van der Waals surface area contributed by atoms with Crippen molar-refractivity contribution >= 4 is 29.3 Å².